The maximum atomic E-state index is 12.6. The number of pyridine rings is 1. The zero-order valence-corrected chi connectivity index (χ0v) is 12.0. The molecule has 0 saturated carbocycles. The van der Waals surface area contributed by atoms with Crippen molar-refractivity contribution in [3.63, 3.8) is 0 Å². The molecule has 0 aliphatic heterocycles. The minimum Gasteiger partial charge on any atom is -0.330 e. The second-order valence-corrected chi connectivity index (χ2v) is 4.53. The van der Waals surface area contributed by atoms with Gasteiger partial charge < -0.3 is 5.73 Å². The SMILES string of the molecule is CCCN.CCc1ccc(C(F)(F)F)c(C(C)C)n1. The van der Waals surface area contributed by atoms with Gasteiger partial charge in [0.15, 0.2) is 0 Å². The Morgan fingerprint density at radius 2 is 1.74 bits per heavy atom. The molecule has 1 heterocycles. The maximum Gasteiger partial charge on any atom is 0.418 e. The Hall–Kier alpha value is -1.10. The third-order valence-corrected chi connectivity index (χ3v) is 2.49. The van der Waals surface area contributed by atoms with Gasteiger partial charge in [0.05, 0.1) is 11.3 Å². The first kappa shape index (κ1) is 17.9. The fourth-order valence-electron chi connectivity index (χ4n) is 1.39. The second-order valence-electron chi connectivity index (χ2n) is 4.53. The van der Waals surface area contributed by atoms with E-state index >= 15 is 0 Å². The molecule has 1 rings (SSSR count). The number of nitrogens with zero attached hydrogens (tertiary/aromatic N) is 1. The number of aromatic nitrogens is 1. The first-order chi connectivity index (χ1) is 8.77. The number of aryl methyl sites for hydroxylation is 1. The van der Waals surface area contributed by atoms with Gasteiger partial charge in [0.1, 0.15) is 0 Å². The van der Waals surface area contributed by atoms with Crippen LogP contribution in [0.5, 0.6) is 0 Å². The molecule has 0 aromatic carbocycles. The van der Waals surface area contributed by atoms with Crippen LogP contribution in [0.4, 0.5) is 13.2 Å². The Morgan fingerprint density at radius 3 is 2.05 bits per heavy atom. The summed E-state index contributed by atoms with van der Waals surface area (Å²) in [5.41, 5.74) is 5.25. The molecule has 0 aliphatic rings. The minimum atomic E-state index is -4.31. The van der Waals surface area contributed by atoms with Gasteiger partial charge in [0.2, 0.25) is 0 Å². The standard InChI is InChI=1S/C11H14F3N.C3H9N/c1-4-8-5-6-9(11(12,13)14)10(15-8)7(2)3;1-2-3-4/h5-7H,4H2,1-3H3;2-4H2,1H3. The molecular weight excluding hydrogens is 253 g/mol. The van der Waals surface area contributed by atoms with E-state index in [1.54, 1.807) is 13.8 Å². The van der Waals surface area contributed by atoms with Crippen LogP contribution in [-0.4, -0.2) is 11.5 Å². The molecule has 1 aromatic heterocycles. The molecule has 1 aromatic rings. The highest BCUT2D eigenvalue weighted by molar-refractivity contribution is 5.28. The average molecular weight is 276 g/mol. The lowest BCUT2D eigenvalue weighted by Gasteiger charge is -2.15. The Kier molecular flexibility index (Phi) is 7.68. The Labute approximate surface area is 113 Å². The molecular formula is C14H23F3N2. The lowest BCUT2D eigenvalue weighted by molar-refractivity contribution is -0.138. The van der Waals surface area contributed by atoms with Gasteiger partial charge >= 0.3 is 6.18 Å². The van der Waals surface area contributed by atoms with Crippen molar-refractivity contribution in [1.82, 2.24) is 4.98 Å². The van der Waals surface area contributed by atoms with E-state index in [9.17, 15) is 13.2 Å². The van der Waals surface area contributed by atoms with Gasteiger partial charge in [-0.15, -0.1) is 0 Å². The van der Waals surface area contributed by atoms with Crippen LogP contribution in [-0.2, 0) is 12.6 Å². The lowest BCUT2D eigenvalue weighted by atomic mass is 10.0. The quantitative estimate of drug-likeness (QED) is 0.901. The lowest BCUT2D eigenvalue weighted by Crippen LogP contribution is -2.12. The largest absolute Gasteiger partial charge is 0.418 e. The Morgan fingerprint density at radius 1 is 1.21 bits per heavy atom. The highest BCUT2D eigenvalue weighted by Crippen LogP contribution is 2.34. The minimum absolute atomic E-state index is 0.141. The smallest absolute Gasteiger partial charge is 0.330 e. The van der Waals surface area contributed by atoms with Crippen molar-refractivity contribution in [3.8, 4) is 0 Å². The van der Waals surface area contributed by atoms with E-state index in [-0.39, 0.29) is 11.6 Å². The first-order valence-corrected chi connectivity index (χ1v) is 6.54. The van der Waals surface area contributed by atoms with Gasteiger partial charge in [0.25, 0.3) is 0 Å². The highest BCUT2D eigenvalue weighted by atomic mass is 19.4. The van der Waals surface area contributed by atoms with Crippen molar-refractivity contribution < 1.29 is 13.2 Å². The predicted octanol–water partition coefficient (Wildman–Crippen LogP) is 4.14. The van der Waals surface area contributed by atoms with E-state index in [0.717, 1.165) is 19.0 Å². The van der Waals surface area contributed by atoms with E-state index in [0.29, 0.717) is 12.1 Å². The molecule has 0 saturated heterocycles. The molecule has 0 radical (unpaired) electrons. The van der Waals surface area contributed by atoms with E-state index < -0.39 is 11.7 Å². The number of rotatable bonds is 3. The van der Waals surface area contributed by atoms with E-state index in [1.807, 2.05) is 6.92 Å². The molecule has 110 valence electrons. The Bertz CT molecular complexity index is 371. The van der Waals surface area contributed by atoms with Crippen LogP contribution in [0.2, 0.25) is 0 Å². The van der Waals surface area contributed by atoms with Crippen LogP contribution in [0.15, 0.2) is 12.1 Å². The summed E-state index contributed by atoms with van der Waals surface area (Å²) in [6.45, 7) is 8.19. The third-order valence-electron chi connectivity index (χ3n) is 2.49. The first-order valence-electron chi connectivity index (χ1n) is 6.54. The van der Waals surface area contributed by atoms with E-state index in [4.69, 9.17) is 5.73 Å². The summed E-state index contributed by atoms with van der Waals surface area (Å²) in [5, 5.41) is 0. The van der Waals surface area contributed by atoms with Crippen LogP contribution in [0.3, 0.4) is 0 Å². The van der Waals surface area contributed by atoms with Gasteiger partial charge in [-0.2, -0.15) is 13.2 Å². The number of alkyl halides is 3. The number of hydrogen-bond donors (Lipinski definition) is 1. The summed E-state index contributed by atoms with van der Waals surface area (Å²) in [6, 6.07) is 2.57. The fraction of sp³-hybridized carbons (Fsp3) is 0.643. The average Bonchev–Trinajstić information content (AvgIpc) is 2.37. The molecule has 0 bridgehead atoms. The van der Waals surface area contributed by atoms with E-state index in [2.05, 4.69) is 11.9 Å². The summed E-state index contributed by atoms with van der Waals surface area (Å²) >= 11 is 0. The second kappa shape index (κ2) is 8.15. The van der Waals surface area contributed by atoms with Crippen LogP contribution >= 0.6 is 0 Å². The molecule has 0 unspecified atom stereocenters. The third kappa shape index (κ3) is 6.05. The highest BCUT2D eigenvalue weighted by Gasteiger charge is 2.34. The fourth-order valence-corrected chi connectivity index (χ4v) is 1.39. The summed E-state index contributed by atoms with van der Waals surface area (Å²) in [5.74, 6) is -0.215. The molecule has 5 heteroatoms. The number of nitrogens with two attached hydrogens (primary N) is 1. The molecule has 0 aliphatic carbocycles. The van der Waals surface area contributed by atoms with Crippen molar-refractivity contribution in [3.05, 3.63) is 29.1 Å². The topological polar surface area (TPSA) is 38.9 Å². The van der Waals surface area contributed by atoms with Gasteiger partial charge in [-0.3, -0.25) is 4.98 Å². The van der Waals surface area contributed by atoms with Crippen LogP contribution < -0.4 is 5.73 Å². The van der Waals surface area contributed by atoms with Crippen LogP contribution in [0, 0.1) is 0 Å². The summed E-state index contributed by atoms with van der Waals surface area (Å²) < 4.78 is 37.8. The molecule has 0 amide bonds. The zero-order valence-electron chi connectivity index (χ0n) is 12.0. The normalized spacial score (nSPS) is 11.2. The van der Waals surface area contributed by atoms with Crippen molar-refractivity contribution >= 4 is 0 Å². The monoisotopic (exact) mass is 276 g/mol. The molecule has 19 heavy (non-hydrogen) atoms. The van der Waals surface area contributed by atoms with Crippen molar-refractivity contribution in [2.24, 2.45) is 5.73 Å². The molecule has 2 nitrogen and oxygen atoms in total. The van der Waals surface area contributed by atoms with Crippen molar-refractivity contribution in [1.29, 1.82) is 0 Å². The summed E-state index contributed by atoms with van der Waals surface area (Å²) in [6.07, 6.45) is -2.56. The van der Waals surface area contributed by atoms with Gasteiger partial charge in [0, 0.05) is 5.69 Å². The molecule has 0 fully saturated rings. The van der Waals surface area contributed by atoms with Crippen LogP contribution in [0.1, 0.15) is 57.0 Å². The maximum absolute atomic E-state index is 12.6. The molecule has 0 spiro atoms. The predicted molar refractivity (Wildman–Crippen MR) is 72.1 cm³/mol. The van der Waals surface area contributed by atoms with Gasteiger partial charge in [-0.25, -0.2) is 0 Å². The summed E-state index contributed by atoms with van der Waals surface area (Å²) in [4.78, 5) is 4.04. The number of halogens is 3. The molecule has 2 N–H and O–H groups in total. The van der Waals surface area contributed by atoms with Crippen molar-refractivity contribution in [2.75, 3.05) is 6.54 Å². The Balaban J connectivity index is 0.000000711. The summed E-state index contributed by atoms with van der Waals surface area (Å²) in [7, 11) is 0. The van der Waals surface area contributed by atoms with Crippen molar-refractivity contribution in [2.45, 2.75) is 52.6 Å². The van der Waals surface area contributed by atoms with E-state index in [1.165, 1.54) is 6.07 Å². The number of hydrogen-bond acceptors (Lipinski definition) is 2. The van der Waals surface area contributed by atoms with Crippen LogP contribution in [0.25, 0.3) is 0 Å². The van der Waals surface area contributed by atoms with Gasteiger partial charge in [-0.05, 0) is 37.4 Å². The zero-order chi connectivity index (χ0) is 15.1. The van der Waals surface area contributed by atoms with Gasteiger partial charge in [-0.1, -0.05) is 27.7 Å². The molecule has 0 atom stereocenters.